The van der Waals surface area contributed by atoms with Gasteiger partial charge in [0, 0.05) is 44.8 Å². The van der Waals surface area contributed by atoms with E-state index in [2.05, 4.69) is 46.2 Å². The Morgan fingerprint density at radius 1 is 0.676 bits per heavy atom. The van der Waals surface area contributed by atoms with Crippen molar-refractivity contribution in [2.45, 2.75) is 38.5 Å². The Hall–Kier alpha value is -2.89. The number of amides is 1. The van der Waals surface area contributed by atoms with Gasteiger partial charge in [-0.3, -0.25) is 14.6 Å². The summed E-state index contributed by atoms with van der Waals surface area (Å²) in [5.41, 5.74) is 2.15. The van der Waals surface area contributed by atoms with E-state index in [4.69, 9.17) is 4.74 Å². The molecule has 5 nitrogen and oxygen atoms in total. The highest BCUT2D eigenvalue weighted by molar-refractivity contribution is 6.07. The molecule has 2 aliphatic heterocycles. The summed E-state index contributed by atoms with van der Waals surface area (Å²) in [7, 11) is 0. The van der Waals surface area contributed by atoms with Crippen LogP contribution < -0.4 is 4.74 Å². The number of fused-ring (bicyclic) bond motifs is 1. The molecule has 0 saturated carbocycles. The van der Waals surface area contributed by atoms with Crippen LogP contribution in [0.3, 0.4) is 0 Å². The lowest BCUT2D eigenvalue weighted by atomic mass is 10.0. The fourth-order valence-electron chi connectivity index (χ4n) is 5.63. The Morgan fingerprint density at radius 3 is 2.14 bits per heavy atom. The lowest BCUT2D eigenvalue weighted by molar-refractivity contribution is 0.0640. The van der Waals surface area contributed by atoms with Crippen LogP contribution in [-0.4, -0.2) is 79.6 Å². The van der Waals surface area contributed by atoms with E-state index in [1.54, 1.807) is 0 Å². The number of likely N-dealkylation sites (tertiary alicyclic amines) is 1. The molecular weight excluding hydrogens is 458 g/mol. The second-order valence-electron chi connectivity index (χ2n) is 10.5. The van der Waals surface area contributed by atoms with Crippen LogP contribution >= 0.6 is 0 Å². The molecule has 0 N–H and O–H groups in total. The van der Waals surface area contributed by atoms with Crippen LogP contribution in [-0.2, 0) is 6.42 Å². The molecule has 37 heavy (non-hydrogen) atoms. The number of nitrogens with zero attached hydrogens (tertiary/aromatic N) is 3. The summed E-state index contributed by atoms with van der Waals surface area (Å²) in [6.07, 6.45) is 7.81. The van der Waals surface area contributed by atoms with Crippen LogP contribution in [0.15, 0.2) is 66.7 Å². The number of piperazine rings is 1. The first-order chi connectivity index (χ1) is 18.3. The molecule has 196 valence electrons. The summed E-state index contributed by atoms with van der Waals surface area (Å²) >= 11 is 0. The van der Waals surface area contributed by atoms with Gasteiger partial charge >= 0.3 is 0 Å². The van der Waals surface area contributed by atoms with E-state index in [1.807, 2.05) is 35.2 Å². The maximum atomic E-state index is 13.2. The number of hydrogen-bond donors (Lipinski definition) is 0. The van der Waals surface area contributed by atoms with Gasteiger partial charge in [-0.05, 0) is 66.9 Å². The molecule has 3 aromatic rings. The van der Waals surface area contributed by atoms with Crippen LogP contribution in [0.25, 0.3) is 10.8 Å². The Balaban J connectivity index is 1.03. The van der Waals surface area contributed by atoms with Gasteiger partial charge in [0.05, 0.1) is 0 Å². The second-order valence-corrected chi connectivity index (χ2v) is 10.5. The lowest BCUT2D eigenvalue weighted by Crippen LogP contribution is -2.49. The zero-order valence-corrected chi connectivity index (χ0v) is 22.1. The number of rotatable bonds is 8. The van der Waals surface area contributed by atoms with Crippen LogP contribution in [0, 0.1) is 0 Å². The zero-order chi connectivity index (χ0) is 25.3. The third-order valence-electron chi connectivity index (χ3n) is 7.94. The predicted octanol–water partition coefficient (Wildman–Crippen LogP) is 5.49. The summed E-state index contributed by atoms with van der Waals surface area (Å²) in [5.74, 6) is 1.12. The van der Waals surface area contributed by atoms with E-state index in [0.29, 0.717) is 0 Å². The standard InChI is InChI=1S/C32H41N3O2/c36-32(31-12-8-10-28-9-4-5-11-30(28)31)35-23-21-34(22-24-35)20-17-27-13-15-29(16-14-27)37-26-25-33-18-6-2-1-3-7-19-33/h4-5,8-16H,1-3,6-7,17-26H2. The summed E-state index contributed by atoms with van der Waals surface area (Å²) in [5, 5.41) is 2.17. The first-order valence-electron chi connectivity index (χ1n) is 14.2. The quantitative estimate of drug-likeness (QED) is 0.411. The predicted molar refractivity (Wildman–Crippen MR) is 151 cm³/mol. The number of benzene rings is 3. The highest BCUT2D eigenvalue weighted by atomic mass is 16.5. The third kappa shape index (κ3) is 7.12. The highest BCUT2D eigenvalue weighted by Crippen LogP contribution is 2.21. The first-order valence-corrected chi connectivity index (χ1v) is 14.2. The molecule has 0 aliphatic carbocycles. The van der Waals surface area contributed by atoms with E-state index in [9.17, 15) is 4.79 Å². The maximum Gasteiger partial charge on any atom is 0.254 e. The van der Waals surface area contributed by atoms with Gasteiger partial charge < -0.3 is 9.64 Å². The molecule has 1 amide bonds. The van der Waals surface area contributed by atoms with Crippen molar-refractivity contribution in [1.29, 1.82) is 0 Å². The van der Waals surface area contributed by atoms with Crippen molar-refractivity contribution < 1.29 is 9.53 Å². The molecule has 2 aliphatic rings. The van der Waals surface area contributed by atoms with Crippen LogP contribution in [0.5, 0.6) is 5.75 Å². The topological polar surface area (TPSA) is 36.0 Å². The van der Waals surface area contributed by atoms with Crippen LogP contribution in [0.1, 0.15) is 48.0 Å². The Kier molecular flexibility index (Phi) is 9.09. The molecule has 2 fully saturated rings. The Morgan fingerprint density at radius 2 is 1.35 bits per heavy atom. The van der Waals surface area contributed by atoms with Crippen LogP contribution in [0.2, 0.25) is 0 Å². The third-order valence-corrected chi connectivity index (χ3v) is 7.94. The Bertz CT molecular complexity index is 1120. The molecule has 0 unspecified atom stereocenters. The fourth-order valence-corrected chi connectivity index (χ4v) is 5.63. The van der Waals surface area contributed by atoms with E-state index >= 15 is 0 Å². The van der Waals surface area contributed by atoms with Crippen molar-refractivity contribution in [2.24, 2.45) is 0 Å². The molecule has 0 atom stereocenters. The molecule has 0 bridgehead atoms. The second kappa shape index (κ2) is 13.1. The largest absolute Gasteiger partial charge is 0.492 e. The SMILES string of the molecule is O=C(c1cccc2ccccc12)N1CCN(CCc2ccc(OCCN3CCCCCCC3)cc2)CC1. The number of ether oxygens (including phenoxy) is 1. The van der Waals surface area contributed by atoms with Gasteiger partial charge in [-0.25, -0.2) is 0 Å². The lowest BCUT2D eigenvalue weighted by Gasteiger charge is -2.35. The van der Waals surface area contributed by atoms with Gasteiger partial charge in [0.1, 0.15) is 12.4 Å². The molecule has 3 aromatic carbocycles. The van der Waals surface area contributed by atoms with Gasteiger partial charge in [0.25, 0.3) is 5.91 Å². The molecular formula is C32H41N3O2. The molecule has 0 aromatic heterocycles. The van der Waals surface area contributed by atoms with Gasteiger partial charge in [-0.2, -0.15) is 0 Å². The minimum Gasteiger partial charge on any atom is -0.492 e. The average Bonchev–Trinajstić information content (AvgIpc) is 2.93. The van der Waals surface area contributed by atoms with E-state index in [-0.39, 0.29) is 5.91 Å². The van der Waals surface area contributed by atoms with Gasteiger partial charge in [-0.1, -0.05) is 67.8 Å². The van der Waals surface area contributed by atoms with E-state index in [1.165, 1.54) is 50.8 Å². The molecule has 2 saturated heterocycles. The maximum absolute atomic E-state index is 13.2. The van der Waals surface area contributed by atoms with Crippen LogP contribution in [0.4, 0.5) is 0 Å². The normalized spacial score (nSPS) is 17.9. The summed E-state index contributed by atoms with van der Waals surface area (Å²) in [4.78, 5) is 20.3. The minimum absolute atomic E-state index is 0.151. The van der Waals surface area contributed by atoms with Crippen molar-refractivity contribution >= 4 is 16.7 Å². The van der Waals surface area contributed by atoms with Crippen molar-refractivity contribution in [3.05, 3.63) is 77.9 Å². The van der Waals surface area contributed by atoms with E-state index in [0.717, 1.165) is 74.4 Å². The van der Waals surface area contributed by atoms with Gasteiger partial charge in [0.15, 0.2) is 0 Å². The van der Waals surface area contributed by atoms with Crippen molar-refractivity contribution in [2.75, 3.05) is 59.0 Å². The average molecular weight is 500 g/mol. The summed E-state index contributed by atoms with van der Waals surface area (Å²) < 4.78 is 6.04. The monoisotopic (exact) mass is 499 g/mol. The smallest absolute Gasteiger partial charge is 0.254 e. The highest BCUT2D eigenvalue weighted by Gasteiger charge is 2.23. The first kappa shape index (κ1) is 25.7. The molecule has 5 heteroatoms. The van der Waals surface area contributed by atoms with Gasteiger partial charge in [0.2, 0.25) is 0 Å². The molecule has 0 radical (unpaired) electrons. The number of carbonyl (C=O) groups is 1. The minimum atomic E-state index is 0.151. The zero-order valence-electron chi connectivity index (χ0n) is 22.1. The van der Waals surface area contributed by atoms with Crippen molar-refractivity contribution in [3.8, 4) is 5.75 Å². The summed E-state index contributed by atoms with van der Waals surface area (Å²) in [6.45, 7) is 8.66. The van der Waals surface area contributed by atoms with Crippen molar-refractivity contribution in [1.82, 2.24) is 14.7 Å². The molecule has 2 heterocycles. The molecule has 0 spiro atoms. The molecule has 5 rings (SSSR count). The fraction of sp³-hybridized carbons (Fsp3) is 0.469. The number of carbonyl (C=O) groups excluding carboxylic acids is 1. The van der Waals surface area contributed by atoms with E-state index < -0.39 is 0 Å². The van der Waals surface area contributed by atoms with Crippen molar-refractivity contribution in [3.63, 3.8) is 0 Å². The number of hydrogen-bond acceptors (Lipinski definition) is 4. The summed E-state index contributed by atoms with van der Waals surface area (Å²) in [6, 6.07) is 22.8. The Labute approximate surface area is 222 Å². The van der Waals surface area contributed by atoms with Gasteiger partial charge in [-0.15, -0.1) is 0 Å².